The third-order valence-corrected chi connectivity index (χ3v) is 5.47. The summed E-state index contributed by atoms with van der Waals surface area (Å²) in [5.41, 5.74) is 1.30. The van der Waals surface area contributed by atoms with Crippen LogP contribution in [0.4, 0.5) is 0 Å². The molecule has 0 amide bonds. The van der Waals surface area contributed by atoms with E-state index in [1.807, 2.05) is 0 Å². The maximum absolute atomic E-state index is 12.4. The fraction of sp³-hybridized carbons (Fsp3) is 0.333. The molecule has 0 bridgehead atoms. The van der Waals surface area contributed by atoms with E-state index in [1.165, 1.54) is 29.8 Å². The molecule has 0 spiro atoms. The minimum absolute atomic E-state index is 0.0426. The summed E-state index contributed by atoms with van der Waals surface area (Å²) < 4.78 is 38.8. The van der Waals surface area contributed by atoms with Crippen molar-refractivity contribution in [3.05, 3.63) is 46.3 Å². The first-order valence-corrected chi connectivity index (χ1v) is 8.97. The Morgan fingerprint density at radius 1 is 1.33 bits per heavy atom. The molecule has 1 aliphatic carbocycles. The lowest BCUT2D eigenvalue weighted by atomic mass is 10.3. The van der Waals surface area contributed by atoms with E-state index in [4.69, 9.17) is 8.94 Å². The van der Waals surface area contributed by atoms with Crippen LogP contribution in [0.25, 0.3) is 11.1 Å². The second-order valence-electron chi connectivity index (χ2n) is 5.88. The van der Waals surface area contributed by atoms with Crippen molar-refractivity contribution in [2.24, 2.45) is 7.05 Å². The zero-order chi connectivity index (χ0) is 16.9. The highest BCUT2D eigenvalue weighted by molar-refractivity contribution is 7.89. The number of rotatable bonds is 5. The molecule has 1 N–H and O–H groups in total. The van der Waals surface area contributed by atoms with Crippen LogP contribution in [-0.2, 0) is 23.6 Å². The maximum Gasteiger partial charge on any atom is 0.419 e. The molecule has 4 rings (SSSR count). The lowest BCUT2D eigenvalue weighted by molar-refractivity contribution is 0.377. The molecule has 9 heteroatoms. The molecule has 0 radical (unpaired) electrons. The largest absolute Gasteiger partial charge is 0.419 e. The minimum Gasteiger partial charge on any atom is -0.408 e. The third-order valence-electron chi connectivity index (χ3n) is 4.07. The van der Waals surface area contributed by atoms with Gasteiger partial charge in [-0.05, 0) is 31.0 Å². The summed E-state index contributed by atoms with van der Waals surface area (Å²) in [6.07, 6.45) is 2.17. The van der Waals surface area contributed by atoms with Crippen LogP contribution in [0.5, 0.6) is 0 Å². The number of hydrogen-bond acceptors (Lipinski definition) is 6. The molecule has 8 nitrogen and oxygen atoms in total. The van der Waals surface area contributed by atoms with Gasteiger partial charge in [-0.2, -0.15) is 0 Å². The molecule has 126 valence electrons. The molecule has 1 aromatic carbocycles. The molecule has 1 saturated carbocycles. The van der Waals surface area contributed by atoms with Gasteiger partial charge in [-0.3, -0.25) is 4.57 Å². The third kappa shape index (κ3) is 2.65. The second-order valence-corrected chi connectivity index (χ2v) is 7.64. The highest BCUT2D eigenvalue weighted by Gasteiger charge is 2.28. The van der Waals surface area contributed by atoms with Crippen molar-refractivity contribution in [3.63, 3.8) is 0 Å². The minimum atomic E-state index is -3.74. The van der Waals surface area contributed by atoms with E-state index in [0.717, 1.165) is 18.6 Å². The Labute approximate surface area is 137 Å². The number of nitrogens with zero attached hydrogens (tertiary/aromatic N) is 2. The van der Waals surface area contributed by atoms with Crippen LogP contribution >= 0.6 is 0 Å². The number of aryl methyl sites for hydroxylation is 1. The van der Waals surface area contributed by atoms with Crippen molar-refractivity contribution in [1.29, 1.82) is 0 Å². The van der Waals surface area contributed by atoms with Crippen LogP contribution in [0, 0.1) is 0 Å². The molecule has 1 fully saturated rings. The summed E-state index contributed by atoms with van der Waals surface area (Å²) in [5.74, 6) is 0.689. The van der Waals surface area contributed by atoms with Crippen LogP contribution in [0.15, 0.2) is 42.9 Å². The smallest absolute Gasteiger partial charge is 0.408 e. The van der Waals surface area contributed by atoms with Gasteiger partial charge in [-0.15, -0.1) is 0 Å². The average molecular weight is 349 g/mol. The number of fused-ring (bicyclic) bond motifs is 1. The molecule has 1 aliphatic rings. The summed E-state index contributed by atoms with van der Waals surface area (Å²) in [6, 6.07) is 6.04. The highest BCUT2D eigenvalue weighted by Crippen LogP contribution is 2.40. The van der Waals surface area contributed by atoms with Gasteiger partial charge >= 0.3 is 5.76 Å². The highest BCUT2D eigenvalue weighted by atomic mass is 32.2. The van der Waals surface area contributed by atoms with Crippen LogP contribution < -0.4 is 10.5 Å². The van der Waals surface area contributed by atoms with Gasteiger partial charge in [0.1, 0.15) is 5.76 Å². The Balaban J connectivity index is 1.57. The topological polar surface area (TPSA) is 107 Å². The Morgan fingerprint density at radius 2 is 2.12 bits per heavy atom. The molecule has 24 heavy (non-hydrogen) atoms. The van der Waals surface area contributed by atoms with Crippen molar-refractivity contribution < 1.29 is 17.4 Å². The first-order chi connectivity index (χ1) is 11.4. The number of nitrogens with one attached hydrogen (secondary N) is 1. The quantitative estimate of drug-likeness (QED) is 0.747. The molecule has 0 saturated heterocycles. The summed E-state index contributed by atoms with van der Waals surface area (Å²) in [7, 11) is -2.22. The summed E-state index contributed by atoms with van der Waals surface area (Å²) in [4.78, 5) is 11.5. The molecule has 3 aromatic rings. The van der Waals surface area contributed by atoms with Crippen molar-refractivity contribution in [3.8, 4) is 0 Å². The second kappa shape index (κ2) is 5.32. The van der Waals surface area contributed by atoms with Crippen LogP contribution in [-0.4, -0.2) is 18.1 Å². The van der Waals surface area contributed by atoms with E-state index in [0.29, 0.717) is 22.7 Å². The molecule has 0 atom stereocenters. The Hall–Kier alpha value is -2.39. The van der Waals surface area contributed by atoms with Crippen molar-refractivity contribution in [2.45, 2.75) is 30.2 Å². The molecule has 0 unspecified atom stereocenters. The average Bonchev–Trinajstić information content (AvgIpc) is 3.23. The lowest BCUT2D eigenvalue weighted by Crippen LogP contribution is -2.23. The zero-order valence-electron chi connectivity index (χ0n) is 12.9. The predicted molar refractivity (Wildman–Crippen MR) is 84.0 cm³/mol. The van der Waals surface area contributed by atoms with Crippen LogP contribution in [0.2, 0.25) is 0 Å². The SMILES string of the molecule is Cn1c(=O)oc2ccc(S(=O)(=O)NCc3cc(C4CC4)on3)cc21. The fourth-order valence-electron chi connectivity index (χ4n) is 2.50. The number of hydrogen-bond donors (Lipinski definition) is 1. The molecule has 2 heterocycles. The van der Waals surface area contributed by atoms with Gasteiger partial charge in [0, 0.05) is 19.0 Å². The van der Waals surface area contributed by atoms with Crippen molar-refractivity contribution in [2.75, 3.05) is 0 Å². The van der Waals surface area contributed by atoms with E-state index in [-0.39, 0.29) is 11.4 Å². The predicted octanol–water partition coefficient (Wildman–Crippen LogP) is 1.48. The normalized spacial score (nSPS) is 15.2. The first kappa shape index (κ1) is 15.2. The number of sulfonamides is 1. The first-order valence-electron chi connectivity index (χ1n) is 7.49. The maximum atomic E-state index is 12.4. The van der Waals surface area contributed by atoms with E-state index in [9.17, 15) is 13.2 Å². The number of oxazole rings is 1. The summed E-state index contributed by atoms with van der Waals surface area (Å²) in [6.45, 7) is 0.0426. The standard InChI is InChI=1S/C15H15N3O5S/c1-18-12-7-11(4-5-13(12)22-15(18)19)24(20,21)16-8-10-6-14(23-17-10)9-2-3-9/h4-7,9,16H,2-3,8H2,1H3. The summed E-state index contributed by atoms with van der Waals surface area (Å²) >= 11 is 0. The monoisotopic (exact) mass is 349 g/mol. The van der Waals surface area contributed by atoms with Gasteiger partial charge in [0.25, 0.3) is 0 Å². The Bertz CT molecular complexity index is 1070. The van der Waals surface area contributed by atoms with Gasteiger partial charge in [0.05, 0.1) is 22.7 Å². The van der Waals surface area contributed by atoms with Crippen molar-refractivity contribution in [1.82, 2.24) is 14.4 Å². The number of benzene rings is 1. The Kier molecular flexibility index (Phi) is 3.36. The van der Waals surface area contributed by atoms with Crippen LogP contribution in [0.1, 0.15) is 30.2 Å². The van der Waals surface area contributed by atoms with Gasteiger partial charge in [0.15, 0.2) is 5.58 Å². The van der Waals surface area contributed by atoms with E-state index >= 15 is 0 Å². The fourth-order valence-corrected chi connectivity index (χ4v) is 3.52. The Morgan fingerprint density at radius 3 is 2.88 bits per heavy atom. The lowest BCUT2D eigenvalue weighted by Gasteiger charge is -2.05. The van der Waals surface area contributed by atoms with Gasteiger partial charge in [0.2, 0.25) is 10.0 Å². The van der Waals surface area contributed by atoms with Gasteiger partial charge in [-0.1, -0.05) is 5.16 Å². The van der Waals surface area contributed by atoms with E-state index in [1.54, 1.807) is 6.07 Å². The van der Waals surface area contributed by atoms with Gasteiger partial charge in [-0.25, -0.2) is 17.9 Å². The molecular weight excluding hydrogens is 334 g/mol. The molecular formula is C15H15N3O5S. The molecule has 2 aromatic heterocycles. The number of aromatic nitrogens is 2. The molecule has 0 aliphatic heterocycles. The van der Waals surface area contributed by atoms with Gasteiger partial charge < -0.3 is 8.94 Å². The van der Waals surface area contributed by atoms with Crippen LogP contribution in [0.3, 0.4) is 0 Å². The van der Waals surface area contributed by atoms with E-state index < -0.39 is 15.8 Å². The van der Waals surface area contributed by atoms with Crippen molar-refractivity contribution >= 4 is 21.1 Å². The summed E-state index contributed by atoms with van der Waals surface area (Å²) in [5, 5.41) is 3.88. The van der Waals surface area contributed by atoms with E-state index in [2.05, 4.69) is 9.88 Å². The zero-order valence-corrected chi connectivity index (χ0v) is 13.7.